The number of amides is 2. The zero-order chi connectivity index (χ0) is 36.6. The molecule has 1 atom stereocenters. The molecular weight excluding hydrogens is 646 g/mol. The van der Waals surface area contributed by atoms with Gasteiger partial charge in [0.1, 0.15) is 5.60 Å². The van der Waals surface area contributed by atoms with E-state index in [0.717, 1.165) is 76.3 Å². The van der Waals surface area contributed by atoms with E-state index in [0.29, 0.717) is 49.9 Å². The summed E-state index contributed by atoms with van der Waals surface area (Å²) in [6.45, 7) is 16.7. The standard InChI is InChI=1S/C39H59N7O5/c1-31(32-12-6-5-7-13-32)28-36(48)45(21-11-27-47)19-8-9-20-46-30-42-35-29-33(14-15-34(35)37(46)49)40-17-22-44-25-23-43(24-26-44)18-10-16-41-38(50)51-39(2,3)4/h5-7,12-15,29-31,40,47H,8-11,16-28H2,1-4H3,(H,41,50)/t31-/m1/s1. The van der Waals surface area contributed by atoms with Crippen molar-refractivity contribution in [2.24, 2.45) is 0 Å². The molecular formula is C39H59N7O5. The number of anilines is 1. The smallest absolute Gasteiger partial charge is 0.407 e. The van der Waals surface area contributed by atoms with E-state index in [4.69, 9.17) is 4.74 Å². The lowest BCUT2D eigenvalue weighted by Gasteiger charge is -2.34. The van der Waals surface area contributed by atoms with Gasteiger partial charge in [-0.3, -0.25) is 19.1 Å². The monoisotopic (exact) mass is 705 g/mol. The Kier molecular flexibility index (Phi) is 15.7. The fourth-order valence-corrected chi connectivity index (χ4v) is 6.33. The Hall–Kier alpha value is -4.00. The lowest BCUT2D eigenvalue weighted by atomic mass is 9.97. The first-order valence-corrected chi connectivity index (χ1v) is 18.6. The molecule has 2 heterocycles. The molecule has 4 rings (SSSR count). The minimum absolute atomic E-state index is 0.0466. The van der Waals surface area contributed by atoms with Gasteiger partial charge in [0, 0.05) is 84.2 Å². The van der Waals surface area contributed by atoms with Crippen LogP contribution in [0.5, 0.6) is 0 Å². The van der Waals surface area contributed by atoms with Crippen LogP contribution >= 0.6 is 0 Å². The number of fused-ring (bicyclic) bond motifs is 1. The van der Waals surface area contributed by atoms with Gasteiger partial charge in [-0.15, -0.1) is 0 Å². The first kappa shape index (κ1) is 39.8. The van der Waals surface area contributed by atoms with Crippen LogP contribution in [0.3, 0.4) is 0 Å². The molecule has 1 fully saturated rings. The van der Waals surface area contributed by atoms with E-state index in [-0.39, 0.29) is 30.1 Å². The third-order valence-corrected chi connectivity index (χ3v) is 9.23. The zero-order valence-electron chi connectivity index (χ0n) is 31.1. The van der Waals surface area contributed by atoms with Gasteiger partial charge < -0.3 is 30.3 Å². The molecule has 3 N–H and O–H groups in total. The number of unbranched alkanes of at least 4 members (excludes halogenated alkanes) is 1. The summed E-state index contributed by atoms with van der Waals surface area (Å²) in [7, 11) is 0. The van der Waals surface area contributed by atoms with Crippen LogP contribution in [-0.2, 0) is 16.1 Å². The highest BCUT2D eigenvalue weighted by Gasteiger charge is 2.19. The summed E-state index contributed by atoms with van der Waals surface area (Å²) in [5.74, 6) is 0.212. The minimum Gasteiger partial charge on any atom is -0.444 e. The Bertz CT molecular complexity index is 1570. The quantitative estimate of drug-likeness (QED) is 0.154. The summed E-state index contributed by atoms with van der Waals surface area (Å²) in [5, 5.41) is 16.3. The maximum absolute atomic E-state index is 13.3. The molecule has 1 aliphatic heterocycles. The SMILES string of the molecule is C[C@H](CC(=O)N(CCCO)CCCCn1cnc2cc(NCCN3CCN(CCCNC(=O)OC(C)(C)C)CC3)ccc2c1=O)c1ccccc1. The predicted molar refractivity (Wildman–Crippen MR) is 203 cm³/mol. The van der Waals surface area contributed by atoms with Gasteiger partial charge in [0.2, 0.25) is 5.91 Å². The number of piperazine rings is 1. The van der Waals surface area contributed by atoms with Crippen molar-refractivity contribution >= 4 is 28.6 Å². The molecule has 1 aliphatic rings. The van der Waals surface area contributed by atoms with Crippen LogP contribution in [0.15, 0.2) is 59.7 Å². The van der Waals surface area contributed by atoms with Crippen LogP contribution in [-0.4, -0.2) is 119 Å². The Morgan fingerprint density at radius 2 is 1.63 bits per heavy atom. The number of benzene rings is 2. The zero-order valence-corrected chi connectivity index (χ0v) is 31.1. The number of aliphatic hydroxyl groups excluding tert-OH is 1. The molecule has 2 amide bonds. The summed E-state index contributed by atoms with van der Waals surface area (Å²) in [5.41, 5.74) is 2.21. The Labute approximate surface area is 303 Å². The molecule has 0 spiro atoms. The number of aliphatic hydroxyl groups is 1. The molecule has 1 aromatic heterocycles. The van der Waals surface area contributed by atoms with Crippen LogP contribution in [0, 0.1) is 0 Å². The van der Waals surface area contributed by atoms with E-state index in [1.807, 2.05) is 74.2 Å². The summed E-state index contributed by atoms with van der Waals surface area (Å²) < 4.78 is 6.94. The highest BCUT2D eigenvalue weighted by Crippen LogP contribution is 2.20. The van der Waals surface area contributed by atoms with Gasteiger partial charge in [0.15, 0.2) is 0 Å². The number of nitrogens with zero attached hydrogens (tertiary/aromatic N) is 5. The van der Waals surface area contributed by atoms with Crippen molar-refractivity contribution in [3.05, 3.63) is 70.8 Å². The van der Waals surface area contributed by atoms with Gasteiger partial charge >= 0.3 is 6.09 Å². The summed E-state index contributed by atoms with van der Waals surface area (Å²) in [6, 6.07) is 15.8. The lowest BCUT2D eigenvalue weighted by Crippen LogP contribution is -2.48. The van der Waals surface area contributed by atoms with E-state index in [9.17, 15) is 19.5 Å². The fraction of sp³-hybridized carbons (Fsp3) is 0.590. The number of hydrogen-bond acceptors (Lipinski definition) is 9. The second-order valence-corrected chi connectivity index (χ2v) is 14.5. The van der Waals surface area contributed by atoms with Crippen LogP contribution in [0.4, 0.5) is 10.5 Å². The van der Waals surface area contributed by atoms with Crippen molar-refractivity contribution in [2.45, 2.75) is 77.9 Å². The molecule has 0 radical (unpaired) electrons. The van der Waals surface area contributed by atoms with Crippen LogP contribution < -0.4 is 16.2 Å². The Morgan fingerprint density at radius 1 is 0.922 bits per heavy atom. The number of aryl methyl sites for hydroxylation is 1. The summed E-state index contributed by atoms with van der Waals surface area (Å²) in [4.78, 5) is 49.5. The van der Waals surface area contributed by atoms with E-state index in [1.54, 1.807) is 10.9 Å². The first-order chi connectivity index (χ1) is 24.5. The van der Waals surface area contributed by atoms with Gasteiger partial charge in [0.05, 0.1) is 17.2 Å². The van der Waals surface area contributed by atoms with E-state index >= 15 is 0 Å². The number of ether oxygens (including phenoxy) is 1. The average Bonchev–Trinajstić information content (AvgIpc) is 3.11. The number of rotatable bonds is 19. The summed E-state index contributed by atoms with van der Waals surface area (Å²) in [6.07, 6.45) is 4.63. The van der Waals surface area contributed by atoms with Crippen molar-refractivity contribution in [1.29, 1.82) is 0 Å². The van der Waals surface area contributed by atoms with Gasteiger partial charge in [0.25, 0.3) is 5.56 Å². The van der Waals surface area contributed by atoms with Crippen molar-refractivity contribution < 1.29 is 19.4 Å². The third kappa shape index (κ3) is 13.6. The largest absolute Gasteiger partial charge is 0.444 e. The molecule has 2 aromatic carbocycles. The highest BCUT2D eigenvalue weighted by molar-refractivity contribution is 5.81. The highest BCUT2D eigenvalue weighted by atomic mass is 16.6. The molecule has 0 unspecified atom stereocenters. The predicted octanol–water partition coefficient (Wildman–Crippen LogP) is 4.53. The van der Waals surface area contributed by atoms with E-state index in [1.165, 1.54) is 0 Å². The molecule has 0 bridgehead atoms. The van der Waals surface area contributed by atoms with Crippen molar-refractivity contribution in [3.8, 4) is 0 Å². The molecule has 1 saturated heterocycles. The Morgan fingerprint density at radius 3 is 2.33 bits per heavy atom. The van der Waals surface area contributed by atoms with E-state index in [2.05, 4.69) is 32.3 Å². The number of hydrogen-bond donors (Lipinski definition) is 3. The van der Waals surface area contributed by atoms with Crippen LogP contribution in [0.25, 0.3) is 10.9 Å². The minimum atomic E-state index is -0.482. The van der Waals surface area contributed by atoms with Gasteiger partial charge in [-0.1, -0.05) is 37.3 Å². The number of nitrogens with one attached hydrogen (secondary N) is 2. The molecule has 0 saturated carbocycles. The molecule has 12 heteroatoms. The van der Waals surface area contributed by atoms with Crippen molar-refractivity contribution in [2.75, 3.05) is 77.4 Å². The molecule has 51 heavy (non-hydrogen) atoms. The number of carbonyl (C=O) groups excluding carboxylic acids is 2. The van der Waals surface area contributed by atoms with Gasteiger partial charge in [-0.05, 0) is 82.7 Å². The van der Waals surface area contributed by atoms with Gasteiger partial charge in [-0.2, -0.15) is 0 Å². The van der Waals surface area contributed by atoms with Crippen LogP contribution in [0.1, 0.15) is 71.3 Å². The lowest BCUT2D eigenvalue weighted by molar-refractivity contribution is -0.131. The second-order valence-electron chi connectivity index (χ2n) is 14.5. The molecule has 12 nitrogen and oxygen atoms in total. The van der Waals surface area contributed by atoms with Crippen LogP contribution in [0.2, 0.25) is 0 Å². The first-order valence-electron chi connectivity index (χ1n) is 18.6. The van der Waals surface area contributed by atoms with Crippen molar-refractivity contribution in [3.63, 3.8) is 0 Å². The molecule has 280 valence electrons. The second kappa shape index (κ2) is 20.1. The van der Waals surface area contributed by atoms with Gasteiger partial charge in [-0.25, -0.2) is 9.78 Å². The van der Waals surface area contributed by atoms with E-state index < -0.39 is 5.60 Å². The van der Waals surface area contributed by atoms with Crippen molar-refractivity contribution in [1.82, 2.24) is 29.6 Å². The number of carbonyl (C=O) groups is 2. The topological polar surface area (TPSA) is 132 Å². The molecule has 3 aromatic rings. The fourth-order valence-electron chi connectivity index (χ4n) is 6.33. The maximum Gasteiger partial charge on any atom is 0.407 e. The number of alkyl carbamates (subject to hydrolysis) is 1. The molecule has 0 aliphatic carbocycles. The maximum atomic E-state index is 13.3. The summed E-state index contributed by atoms with van der Waals surface area (Å²) >= 11 is 0. The third-order valence-electron chi connectivity index (χ3n) is 9.23. The average molecular weight is 706 g/mol. The normalized spacial score (nSPS) is 14.7. The Balaban J connectivity index is 1.15. The number of aromatic nitrogens is 2.